The molecule has 21 heavy (non-hydrogen) atoms. The molecule has 1 aliphatic carbocycles. The minimum atomic E-state index is 0.624. The Hall–Kier alpha value is -1.54. The first-order valence-electron chi connectivity index (χ1n) is 8.02. The second kappa shape index (κ2) is 6.07. The lowest BCUT2D eigenvalue weighted by atomic mass is 10.0. The highest BCUT2D eigenvalue weighted by atomic mass is 16.5. The van der Waals surface area contributed by atoms with Gasteiger partial charge in [-0.25, -0.2) is 0 Å². The monoisotopic (exact) mass is 283 g/mol. The van der Waals surface area contributed by atoms with Crippen molar-refractivity contribution in [3.05, 3.63) is 42.0 Å². The molecule has 0 radical (unpaired) electrons. The van der Waals surface area contributed by atoms with Crippen LogP contribution in [0.2, 0.25) is 0 Å². The molecule has 2 nitrogen and oxygen atoms in total. The molecule has 0 unspecified atom stereocenters. The molecular formula is C19H25NO. The maximum atomic E-state index is 5.27. The van der Waals surface area contributed by atoms with Crippen LogP contribution in [-0.4, -0.2) is 13.7 Å². The van der Waals surface area contributed by atoms with E-state index >= 15 is 0 Å². The normalized spacial score (nSPS) is 16.1. The molecule has 1 saturated carbocycles. The SMILES string of the molecule is CCCC1(CNCc2ccc3cc(OC)ccc3c2)CC1. The number of rotatable bonds is 7. The molecule has 3 rings (SSSR count). The highest BCUT2D eigenvalue weighted by Gasteiger charge is 2.40. The van der Waals surface area contributed by atoms with Crippen LogP contribution in [0.15, 0.2) is 36.4 Å². The van der Waals surface area contributed by atoms with Crippen LogP contribution in [0.25, 0.3) is 10.8 Å². The number of nitrogens with one attached hydrogen (secondary N) is 1. The Morgan fingerprint density at radius 3 is 2.57 bits per heavy atom. The van der Waals surface area contributed by atoms with Crippen LogP contribution in [0.1, 0.15) is 38.2 Å². The number of methoxy groups -OCH3 is 1. The molecule has 1 N–H and O–H groups in total. The van der Waals surface area contributed by atoms with Gasteiger partial charge in [-0.2, -0.15) is 0 Å². The van der Waals surface area contributed by atoms with Gasteiger partial charge in [-0.3, -0.25) is 0 Å². The molecule has 0 amide bonds. The summed E-state index contributed by atoms with van der Waals surface area (Å²) in [5.74, 6) is 0.920. The molecule has 0 spiro atoms. The summed E-state index contributed by atoms with van der Waals surface area (Å²) >= 11 is 0. The zero-order valence-corrected chi connectivity index (χ0v) is 13.1. The van der Waals surface area contributed by atoms with Gasteiger partial charge in [-0.05, 0) is 59.2 Å². The first-order chi connectivity index (χ1) is 10.2. The molecule has 2 heteroatoms. The van der Waals surface area contributed by atoms with Gasteiger partial charge in [0.2, 0.25) is 0 Å². The fourth-order valence-corrected chi connectivity index (χ4v) is 3.20. The lowest BCUT2D eigenvalue weighted by Gasteiger charge is -2.15. The molecule has 1 aliphatic rings. The van der Waals surface area contributed by atoms with E-state index in [1.807, 2.05) is 6.07 Å². The molecule has 1 fully saturated rings. The summed E-state index contributed by atoms with van der Waals surface area (Å²) in [4.78, 5) is 0. The van der Waals surface area contributed by atoms with Crippen LogP contribution in [0.3, 0.4) is 0 Å². The number of ether oxygens (including phenoxy) is 1. The maximum Gasteiger partial charge on any atom is 0.119 e. The lowest BCUT2D eigenvalue weighted by molar-refractivity contribution is 0.415. The molecule has 0 aliphatic heterocycles. The third-order valence-corrected chi connectivity index (χ3v) is 4.68. The van der Waals surface area contributed by atoms with Crippen molar-refractivity contribution in [3.63, 3.8) is 0 Å². The Labute approximate surface area is 127 Å². The van der Waals surface area contributed by atoms with Gasteiger partial charge >= 0.3 is 0 Å². The van der Waals surface area contributed by atoms with E-state index in [1.54, 1.807) is 7.11 Å². The van der Waals surface area contributed by atoms with Crippen LogP contribution in [-0.2, 0) is 6.54 Å². The van der Waals surface area contributed by atoms with Gasteiger partial charge in [0.05, 0.1) is 7.11 Å². The zero-order valence-electron chi connectivity index (χ0n) is 13.1. The topological polar surface area (TPSA) is 21.3 Å². The van der Waals surface area contributed by atoms with Crippen molar-refractivity contribution in [1.82, 2.24) is 5.32 Å². The Kier molecular flexibility index (Phi) is 4.16. The summed E-state index contributed by atoms with van der Waals surface area (Å²) in [5.41, 5.74) is 1.99. The molecule has 0 heterocycles. The highest BCUT2D eigenvalue weighted by molar-refractivity contribution is 5.84. The molecule has 2 aromatic rings. The van der Waals surface area contributed by atoms with Gasteiger partial charge in [0.15, 0.2) is 0 Å². The van der Waals surface area contributed by atoms with Crippen molar-refractivity contribution >= 4 is 10.8 Å². The van der Waals surface area contributed by atoms with Gasteiger partial charge in [0, 0.05) is 13.1 Å². The third kappa shape index (κ3) is 3.38. The fraction of sp³-hybridized carbons (Fsp3) is 0.474. The first kappa shape index (κ1) is 14.4. The summed E-state index contributed by atoms with van der Waals surface area (Å²) in [6.07, 6.45) is 5.49. The van der Waals surface area contributed by atoms with Crippen LogP contribution >= 0.6 is 0 Å². The smallest absolute Gasteiger partial charge is 0.119 e. The van der Waals surface area contributed by atoms with Crippen LogP contribution in [0.4, 0.5) is 0 Å². The van der Waals surface area contributed by atoms with E-state index < -0.39 is 0 Å². The molecule has 0 saturated heterocycles. The Balaban J connectivity index is 1.62. The van der Waals surface area contributed by atoms with Crippen molar-refractivity contribution in [2.24, 2.45) is 5.41 Å². The third-order valence-electron chi connectivity index (χ3n) is 4.68. The van der Waals surface area contributed by atoms with Crippen molar-refractivity contribution in [1.29, 1.82) is 0 Å². The molecule has 0 aromatic heterocycles. The Morgan fingerprint density at radius 2 is 1.86 bits per heavy atom. The highest BCUT2D eigenvalue weighted by Crippen LogP contribution is 2.48. The van der Waals surface area contributed by atoms with Crippen molar-refractivity contribution in [2.75, 3.05) is 13.7 Å². The van der Waals surface area contributed by atoms with E-state index in [0.29, 0.717) is 5.41 Å². The summed E-state index contributed by atoms with van der Waals surface area (Å²) in [7, 11) is 1.71. The molecule has 2 aromatic carbocycles. The van der Waals surface area contributed by atoms with E-state index in [-0.39, 0.29) is 0 Å². The van der Waals surface area contributed by atoms with Gasteiger partial charge in [-0.15, -0.1) is 0 Å². The van der Waals surface area contributed by atoms with E-state index in [0.717, 1.165) is 12.3 Å². The van der Waals surface area contributed by atoms with E-state index in [2.05, 4.69) is 42.6 Å². The summed E-state index contributed by atoms with van der Waals surface area (Å²) in [6.45, 7) is 4.42. The van der Waals surface area contributed by atoms with Gasteiger partial charge in [0.1, 0.15) is 5.75 Å². The van der Waals surface area contributed by atoms with E-state index in [1.165, 1.54) is 48.6 Å². The molecule has 112 valence electrons. The van der Waals surface area contributed by atoms with Crippen LogP contribution in [0, 0.1) is 5.41 Å². The predicted octanol–water partition coefficient (Wildman–Crippen LogP) is 4.52. The molecular weight excluding hydrogens is 258 g/mol. The minimum Gasteiger partial charge on any atom is -0.497 e. The van der Waals surface area contributed by atoms with Gasteiger partial charge in [-0.1, -0.05) is 31.5 Å². The second-order valence-corrected chi connectivity index (χ2v) is 6.40. The Bertz CT molecular complexity index is 616. The van der Waals surface area contributed by atoms with Gasteiger partial charge < -0.3 is 10.1 Å². The number of hydrogen-bond donors (Lipinski definition) is 1. The van der Waals surface area contributed by atoms with Crippen molar-refractivity contribution < 1.29 is 4.74 Å². The predicted molar refractivity (Wildman–Crippen MR) is 88.8 cm³/mol. The molecule has 0 atom stereocenters. The summed E-state index contributed by atoms with van der Waals surface area (Å²) in [6, 6.07) is 12.9. The van der Waals surface area contributed by atoms with E-state index in [9.17, 15) is 0 Å². The number of benzene rings is 2. The van der Waals surface area contributed by atoms with Crippen molar-refractivity contribution in [2.45, 2.75) is 39.2 Å². The fourth-order valence-electron chi connectivity index (χ4n) is 3.20. The first-order valence-corrected chi connectivity index (χ1v) is 8.02. The largest absolute Gasteiger partial charge is 0.497 e. The summed E-state index contributed by atoms with van der Waals surface area (Å²) < 4.78 is 5.27. The number of hydrogen-bond acceptors (Lipinski definition) is 2. The van der Waals surface area contributed by atoms with Crippen molar-refractivity contribution in [3.8, 4) is 5.75 Å². The van der Waals surface area contributed by atoms with Crippen LogP contribution < -0.4 is 10.1 Å². The minimum absolute atomic E-state index is 0.624. The quantitative estimate of drug-likeness (QED) is 0.806. The summed E-state index contributed by atoms with van der Waals surface area (Å²) in [5, 5.41) is 6.17. The second-order valence-electron chi connectivity index (χ2n) is 6.40. The zero-order chi connectivity index (χ0) is 14.7. The van der Waals surface area contributed by atoms with Gasteiger partial charge in [0.25, 0.3) is 0 Å². The van der Waals surface area contributed by atoms with E-state index in [4.69, 9.17) is 4.74 Å². The maximum absolute atomic E-state index is 5.27. The average molecular weight is 283 g/mol. The standard InChI is InChI=1S/C19H25NO/c1-3-8-19(9-10-19)14-20-13-15-4-5-17-12-18(21-2)7-6-16(17)11-15/h4-7,11-12,20H,3,8-10,13-14H2,1-2H3. The average Bonchev–Trinajstić information content (AvgIpc) is 3.27. The van der Waals surface area contributed by atoms with Crippen LogP contribution in [0.5, 0.6) is 5.75 Å². The Morgan fingerprint density at radius 1 is 1.10 bits per heavy atom. The molecule has 0 bridgehead atoms. The number of fused-ring (bicyclic) bond motifs is 1. The lowest BCUT2D eigenvalue weighted by Crippen LogP contribution is -2.23.